The second-order valence-corrected chi connectivity index (χ2v) is 6.42. The van der Waals surface area contributed by atoms with Crippen LogP contribution < -0.4 is 0 Å². The molecule has 1 atom stereocenters. The molecule has 1 aromatic heterocycles. The average Bonchev–Trinajstić information content (AvgIpc) is 2.58. The summed E-state index contributed by atoms with van der Waals surface area (Å²) < 4.78 is 5.48. The Kier molecular flexibility index (Phi) is 4.51. The molecule has 1 aliphatic carbocycles. The Labute approximate surface area is 141 Å². The van der Waals surface area contributed by atoms with E-state index in [0.717, 1.165) is 47.8 Å². The maximum Gasteiger partial charge on any atom is 0.339 e. The highest BCUT2D eigenvalue weighted by Crippen LogP contribution is 2.30. The minimum absolute atomic E-state index is 0.226. The van der Waals surface area contributed by atoms with Gasteiger partial charge in [-0.05, 0) is 44.2 Å². The van der Waals surface area contributed by atoms with Crippen LogP contribution >= 0.6 is 0 Å². The van der Waals surface area contributed by atoms with Crippen molar-refractivity contribution in [2.24, 2.45) is 0 Å². The first-order valence-electron chi connectivity index (χ1n) is 8.31. The van der Waals surface area contributed by atoms with Crippen LogP contribution in [0.25, 0.3) is 10.9 Å². The van der Waals surface area contributed by atoms with Crippen molar-refractivity contribution in [3.05, 3.63) is 41.1 Å². The summed E-state index contributed by atoms with van der Waals surface area (Å²) >= 11 is 0. The number of fused-ring (bicyclic) bond motifs is 2. The Bertz CT molecular complexity index is 799. The van der Waals surface area contributed by atoms with E-state index in [1.54, 1.807) is 21.0 Å². The number of carbonyl (C=O) groups excluding carboxylic acids is 2. The first kappa shape index (κ1) is 16.4. The number of hydrogen-bond acceptors (Lipinski definition) is 4. The van der Waals surface area contributed by atoms with Gasteiger partial charge in [0, 0.05) is 25.2 Å². The zero-order valence-electron chi connectivity index (χ0n) is 14.3. The molecule has 5 nitrogen and oxygen atoms in total. The van der Waals surface area contributed by atoms with Gasteiger partial charge in [0.15, 0.2) is 6.10 Å². The Morgan fingerprint density at radius 1 is 1.17 bits per heavy atom. The molecule has 3 rings (SSSR count). The number of likely N-dealkylation sites (N-methyl/N-ethyl adjacent to an activating group) is 1. The first-order valence-corrected chi connectivity index (χ1v) is 8.31. The number of hydrogen-bond donors (Lipinski definition) is 0. The number of pyridine rings is 1. The van der Waals surface area contributed by atoms with Gasteiger partial charge in [0.05, 0.1) is 11.1 Å². The van der Waals surface area contributed by atoms with E-state index in [4.69, 9.17) is 9.72 Å². The molecule has 0 saturated heterocycles. The van der Waals surface area contributed by atoms with E-state index in [-0.39, 0.29) is 5.91 Å². The van der Waals surface area contributed by atoms with E-state index in [9.17, 15) is 9.59 Å². The Morgan fingerprint density at radius 3 is 2.62 bits per heavy atom. The number of nitrogens with zero attached hydrogens (tertiary/aromatic N) is 2. The van der Waals surface area contributed by atoms with E-state index in [2.05, 4.69) is 0 Å². The summed E-state index contributed by atoms with van der Waals surface area (Å²) in [5, 5.41) is 0.799. The molecular formula is C19H22N2O3. The Hall–Kier alpha value is -2.43. The molecule has 2 aromatic rings. The molecule has 0 fully saturated rings. The maximum atomic E-state index is 12.8. The van der Waals surface area contributed by atoms with Crippen LogP contribution in [0.2, 0.25) is 0 Å². The molecule has 0 saturated carbocycles. The van der Waals surface area contributed by atoms with E-state index in [0.29, 0.717) is 5.56 Å². The van der Waals surface area contributed by atoms with Crippen molar-refractivity contribution < 1.29 is 14.3 Å². The third-order valence-electron chi connectivity index (χ3n) is 4.45. The van der Waals surface area contributed by atoms with E-state index in [1.165, 1.54) is 4.90 Å². The van der Waals surface area contributed by atoms with Gasteiger partial charge in [-0.1, -0.05) is 18.2 Å². The predicted molar refractivity (Wildman–Crippen MR) is 92.0 cm³/mol. The average molecular weight is 326 g/mol. The molecule has 0 N–H and O–H groups in total. The van der Waals surface area contributed by atoms with E-state index >= 15 is 0 Å². The van der Waals surface area contributed by atoms with Crippen molar-refractivity contribution in [1.29, 1.82) is 0 Å². The van der Waals surface area contributed by atoms with Crippen molar-refractivity contribution >= 4 is 22.8 Å². The molecule has 0 bridgehead atoms. The van der Waals surface area contributed by atoms with Gasteiger partial charge in [-0.15, -0.1) is 0 Å². The van der Waals surface area contributed by atoms with Gasteiger partial charge >= 0.3 is 5.97 Å². The highest BCUT2D eigenvalue weighted by molar-refractivity contribution is 6.05. The highest BCUT2D eigenvalue weighted by Gasteiger charge is 2.26. The molecule has 24 heavy (non-hydrogen) atoms. The first-order chi connectivity index (χ1) is 11.5. The number of carbonyl (C=O) groups is 2. The van der Waals surface area contributed by atoms with Crippen LogP contribution in [-0.2, 0) is 22.4 Å². The summed E-state index contributed by atoms with van der Waals surface area (Å²) in [6.45, 7) is 1.61. The fraction of sp³-hybridized carbons (Fsp3) is 0.421. The van der Waals surface area contributed by atoms with Crippen LogP contribution in [0.1, 0.15) is 41.4 Å². The van der Waals surface area contributed by atoms with Crippen LogP contribution in [0, 0.1) is 0 Å². The molecule has 1 aliphatic rings. The lowest BCUT2D eigenvalue weighted by molar-refractivity contribution is -0.137. The molecule has 0 radical (unpaired) electrons. The summed E-state index contributed by atoms with van der Waals surface area (Å²) in [5.74, 6) is -0.662. The minimum atomic E-state index is -0.807. The second-order valence-electron chi connectivity index (χ2n) is 6.42. The Morgan fingerprint density at radius 2 is 1.88 bits per heavy atom. The van der Waals surface area contributed by atoms with E-state index < -0.39 is 12.1 Å². The minimum Gasteiger partial charge on any atom is -0.449 e. The van der Waals surface area contributed by atoms with Gasteiger partial charge in [-0.2, -0.15) is 0 Å². The highest BCUT2D eigenvalue weighted by atomic mass is 16.5. The summed E-state index contributed by atoms with van der Waals surface area (Å²) in [6.07, 6.45) is 3.03. The molecule has 0 spiro atoms. The number of ether oxygens (including phenoxy) is 1. The quantitative estimate of drug-likeness (QED) is 0.814. The number of rotatable bonds is 3. The van der Waals surface area contributed by atoms with Crippen molar-refractivity contribution in [2.75, 3.05) is 14.1 Å². The van der Waals surface area contributed by atoms with Gasteiger partial charge in [0.25, 0.3) is 5.91 Å². The summed E-state index contributed by atoms with van der Waals surface area (Å²) in [7, 11) is 3.30. The molecular weight excluding hydrogens is 304 g/mol. The van der Waals surface area contributed by atoms with Crippen LogP contribution in [-0.4, -0.2) is 42.0 Å². The topological polar surface area (TPSA) is 59.5 Å². The summed E-state index contributed by atoms with van der Waals surface area (Å²) in [4.78, 5) is 31.0. The molecule has 0 unspecified atom stereocenters. The lowest BCUT2D eigenvalue weighted by Gasteiger charge is -2.22. The van der Waals surface area contributed by atoms with Crippen molar-refractivity contribution in [3.63, 3.8) is 0 Å². The van der Waals surface area contributed by atoms with Crippen molar-refractivity contribution in [2.45, 2.75) is 38.7 Å². The molecule has 1 amide bonds. The fourth-order valence-electron chi connectivity index (χ4n) is 3.24. The largest absolute Gasteiger partial charge is 0.449 e. The van der Waals surface area contributed by atoms with Crippen molar-refractivity contribution in [1.82, 2.24) is 9.88 Å². The van der Waals surface area contributed by atoms with Crippen LogP contribution in [0.4, 0.5) is 0 Å². The van der Waals surface area contributed by atoms with Crippen LogP contribution in [0.5, 0.6) is 0 Å². The summed E-state index contributed by atoms with van der Waals surface area (Å²) in [6, 6.07) is 7.62. The molecule has 5 heteroatoms. The van der Waals surface area contributed by atoms with Crippen molar-refractivity contribution in [3.8, 4) is 0 Å². The van der Waals surface area contributed by atoms with E-state index in [1.807, 2.05) is 24.3 Å². The third-order valence-corrected chi connectivity index (χ3v) is 4.45. The van der Waals surface area contributed by atoms with Crippen LogP contribution in [0.3, 0.4) is 0 Å². The zero-order chi connectivity index (χ0) is 17.3. The third kappa shape index (κ3) is 2.98. The van der Waals surface area contributed by atoms with Gasteiger partial charge in [0.1, 0.15) is 0 Å². The predicted octanol–water partition coefficient (Wildman–Crippen LogP) is 2.75. The molecule has 1 aromatic carbocycles. The molecule has 126 valence electrons. The zero-order valence-corrected chi connectivity index (χ0v) is 14.3. The lowest BCUT2D eigenvalue weighted by atomic mass is 9.90. The number of para-hydroxylation sites is 1. The SMILES string of the molecule is C[C@H](OC(=O)c1c2c(nc3ccccc13)CCCC2)C(=O)N(C)C. The number of benzene rings is 1. The standard InChI is InChI=1S/C19H22N2O3/c1-12(18(22)21(2)3)24-19(23)17-13-8-4-6-10-15(13)20-16-11-7-5-9-14(16)17/h4,6,8,10,12H,5,7,9,11H2,1-3H3/t12-/m0/s1. The normalized spacial score (nSPS) is 14.8. The maximum absolute atomic E-state index is 12.8. The molecule has 1 heterocycles. The second kappa shape index (κ2) is 6.59. The van der Waals surface area contributed by atoms with Gasteiger partial charge in [0.2, 0.25) is 0 Å². The van der Waals surface area contributed by atoms with Gasteiger partial charge < -0.3 is 9.64 Å². The summed E-state index contributed by atoms with van der Waals surface area (Å²) in [5.41, 5.74) is 3.35. The Balaban J connectivity index is 2.04. The monoisotopic (exact) mass is 326 g/mol. The number of esters is 1. The number of aryl methyl sites for hydroxylation is 1. The smallest absolute Gasteiger partial charge is 0.339 e. The van der Waals surface area contributed by atoms with Crippen LogP contribution in [0.15, 0.2) is 24.3 Å². The molecule has 0 aliphatic heterocycles. The fourth-order valence-corrected chi connectivity index (χ4v) is 3.24. The van der Waals surface area contributed by atoms with Gasteiger partial charge in [-0.25, -0.2) is 4.79 Å². The lowest BCUT2D eigenvalue weighted by Crippen LogP contribution is -2.35. The van der Waals surface area contributed by atoms with Gasteiger partial charge in [-0.3, -0.25) is 9.78 Å². The number of aromatic nitrogens is 1. The number of amides is 1.